The Balaban J connectivity index is 1.57. The van der Waals surface area contributed by atoms with Crippen molar-refractivity contribution < 1.29 is 38.1 Å². The summed E-state index contributed by atoms with van der Waals surface area (Å²) in [5.74, 6) is -2.34. The molecular formula is C39H58O8. The number of furan rings is 1. The van der Waals surface area contributed by atoms with Crippen LogP contribution in [0.4, 0.5) is 0 Å². The number of aliphatic hydroxyl groups is 1. The standard InChI is InChI=1S/C39H58O8/c1-7-8-9-10-11-12-13-14-15-16-17-18-19-20-21-22-34(40)47-37-30-25-33(46-39(30)43)35(27(4)5)32-24-29(38(42)44-6)31(45-32)23-28(26(2)3)36(37)41/h24-25,28,33,35-37,41H,2,4,7-23H2,1,3,5-6H3. The van der Waals surface area contributed by atoms with Gasteiger partial charge < -0.3 is 23.7 Å². The Hall–Kier alpha value is -3.13. The van der Waals surface area contributed by atoms with Crippen LogP contribution in [0, 0.1) is 5.92 Å². The van der Waals surface area contributed by atoms with Crippen LogP contribution in [-0.2, 0) is 30.2 Å². The fourth-order valence-electron chi connectivity index (χ4n) is 6.72. The van der Waals surface area contributed by atoms with Gasteiger partial charge in [0.15, 0.2) is 6.10 Å². The first-order valence-electron chi connectivity index (χ1n) is 17.9. The molecule has 0 radical (unpaired) electrons. The topological polar surface area (TPSA) is 112 Å². The number of hydrogen-bond acceptors (Lipinski definition) is 8. The fourth-order valence-corrected chi connectivity index (χ4v) is 6.72. The largest absolute Gasteiger partial charge is 0.465 e. The molecule has 5 unspecified atom stereocenters. The molecule has 2 aliphatic heterocycles. The van der Waals surface area contributed by atoms with Crippen LogP contribution in [0.15, 0.2) is 46.4 Å². The van der Waals surface area contributed by atoms with Crippen molar-refractivity contribution in [2.75, 3.05) is 7.11 Å². The van der Waals surface area contributed by atoms with Gasteiger partial charge in [0.1, 0.15) is 29.3 Å². The fraction of sp³-hybridized carbons (Fsp3) is 0.667. The van der Waals surface area contributed by atoms with Crippen LogP contribution in [0.1, 0.15) is 151 Å². The van der Waals surface area contributed by atoms with Crippen LogP contribution in [-0.4, -0.2) is 48.4 Å². The molecule has 0 spiro atoms. The van der Waals surface area contributed by atoms with Crippen LogP contribution >= 0.6 is 0 Å². The van der Waals surface area contributed by atoms with E-state index in [-0.39, 0.29) is 24.0 Å². The van der Waals surface area contributed by atoms with Gasteiger partial charge >= 0.3 is 17.9 Å². The van der Waals surface area contributed by atoms with Crippen LogP contribution in [0.5, 0.6) is 0 Å². The van der Waals surface area contributed by atoms with Gasteiger partial charge in [0, 0.05) is 18.8 Å². The van der Waals surface area contributed by atoms with Gasteiger partial charge in [0.05, 0.1) is 18.6 Å². The van der Waals surface area contributed by atoms with Gasteiger partial charge in [-0.1, -0.05) is 121 Å². The van der Waals surface area contributed by atoms with E-state index in [2.05, 4.69) is 20.1 Å². The Morgan fingerprint density at radius 1 is 0.894 bits per heavy atom. The lowest BCUT2D eigenvalue weighted by atomic mass is 9.84. The summed E-state index contributed by atoms with van der Waals surface area (Å²) in [7, 11) is 1.28. The van der Waals surface area contributed by atoms with Crippen molar-refractivity contribution in [2.45, 2.75) is 154 Å². The highest BCUT2D eigenvalue weighted by Gasteiger charge is 2.45. The lowest BCUT2D eigenvalue weighted by Crippen LogP contribution is -2.41. The Morgan fingerprint density at radius 2 is 1.45 bits per heavy atom. The molecular weight excluding hydrogens is 596 g/mol. The maximum Gasteiger partial charge on any atom is 0.341 e. The second-order valence-electron chi connectivity index (χ2n) is 13.6. The minimum absolute atomic E-state index is 0.0872. The van der Waals surface area contributed by atoms with E-state index < -0.39 is 48.1 Å². The number of carbonyl (C=O) groups is 3. The van der Waals surface area contributed by atoms with E-state index in [1.807, 2.05) is 0 Å². The van der Waals surface area contributed by atoms with E-state index >= 15 is 0 Å². The van der Waals surface area contributed by atoms with Crippen LogP contribution in [0.25, 0.3) is 0 Å². The minimum Gasteiger partial charge on any atom is -0.465 e. The predicted molar refractivity (Wildman–Crippen MR) is 183 cm³/mol. The Bertz CT molecular complexity index is 1240. The number of rotatable bonds is 20. The maximum absolute atomic E-state index is 13.2. The number of hydrogen-bond donors (Lipinski definition) is 1. The summed E-state index contributed by atoms with van der Waals surface area (Å²) < 4.78 is 22.7. The molecule has 0 aromatic carbocycles. The molecule has 8 nitrogen and oxygen atoms in total. The zero-order valence-corrected chi connectivity index (χ0v) is 29.3. The highest BCUT2D eigenvalue weighted by molar-refractivity contribution is 5.93. The molecule has 0 saturated carbocycles. The van der Waals surface area contributed by atoms with Gasteiger partial charge in [-0.05, 0) is 32.4 Å². The first-order chi connectivity index (χ1) is 22.6. The van der Waals surface area contributed by atoms with E-state index in [1.54, 1.807) is 26.0 Å². The van der Waals surface area contributed by atoms with Gasteiger partial charge in [-0.25, -0.2) is 9.59 Å². The zero-order chi connectivity index (χ0) is 34.3. The van der Waals surface area contributed by atoms with E-state index in [9.17, 15) is 19.5 Å². The molecule has 47 heavy (non-hydrogen) atoms. The highest BCUT2D eigenvalue weighted by atomic mass is 16.6. The molecule has 4 bridgehead atoms. The number of ether oxygens (including phenoxy) is 3. The monoisotopic (exact) mass is 654 g/mol. The SMILES string of the molecule is C=C(C)C1Cc2oc(cc2C(=O)OC)C(C(=C)C)C2C=C(C(=O)O2)C(OC(=O)CCCCCCCCCCCCCCCCC)C1O. The summed E-state index contributed by atoms with van der Waals surface area (Å²) in [5.41, 5.74) is 1.53. The summed E-state index contributed by atoms with van der Waals surface area (Å²) in [4.78, 5) is 39.0. The molecule has 0 fully saturated rings. The number of unbranched alkanes of at least 4 members (excludes halogenated alkanes) is 14. The van der Waals surface area contributed by atoms with Crippen molar-refractivity contribution in [3.8, 4) is 0 Å². The summed E-state index contributed by atoms with van der Waals surface area (Å²) in [6, 6.07) is 1.58. The molecule has 1 aromatic heterocycles. The third-order valence-electron chi connectivity index (χ3n) is 9.53. The first-order valence-corrected chi connectivity index (χ1v) is 17.9. The number of methoxy groups -OCH3 is 1. The van der Waals surface area contributed by atoms with Gasteiger partial charge in [0.2, 0.25) is 0 Å². The molecule has 3 rings (SSSR count). The maximum atomic E-state index is 13.2. The summed E-state index contributed by atoms with van der Waals surface area (Å²) in [6.45, 7) is 13.9. The normalized spacial score (nSPS) is 22.2. The van der Waals surface area contributed by atoms with Gasteiger partial charge in [-0.2, -0.15) is 0 Å². The van der Waals surface area contributed by atoms with Crippen LogP contribution in [0.3, 0.4) is 0 Å². The minimum atomic E-state index is -1.34. The number of aliphatic hydroxyl groups excluding tert-OH is 1. The molecule has 262 valence electrons. The van der Waals surface area contributed by atoms with Gasteiger partial charge in [0.25, 0.3) is 0 Å². The average Bonchev–Trinajstić information content (AvgIpc) is 3.61. The summed E-state index contributed by atoms with van der Waals surface area (Å²) in [5, 5.41) is 11.7. The van der Waals surface area contributed by atoms with Gasteiger partial charge in [-0.3, -0.25) is 4.79 Å². The number of esters is 3. The van der Waals surface area contributed by atoms with E-state index in [0.717, 1.165) is 19.3 Å². The van der Waals surface area contributed by atoms with Gasteiger partial charge in [-0.15, -0.1) is 0 Å². The average molecular weight is 655 g/mol. The number of fused-ring (bicyclic) bond motifs is 3. The third-order valence-corrected chi connectivity index (χ3v) is 9.53. The zero-order valence-electron chi connectivity index (χ0n) is 29.3. The van der Waals surface area contributed by atoms with Crippen molar-refractivity contribution in [1.82, 2.24) is 0 Å². The molecule has 0 saturated heterocycles. The van der Waals surface area contributed by atoms with Crippen molar-refractivity contribution in [3.05, 3.63) is 59.1 Å². The second-order valence-corrected chi connectivity index (χ2v) is 13.6. The summed E-state index contributed by atoms with van der Waals surface area (Å²) in [6.07, 6.45) is 16.8. The van der Waals surface area contributed by atoms with E-state index in [4.69, 9.17) is 18.6 Å². The second kappa shape index (κ2) is 19.6. The summed E-state index contributed by atoms with van der Waals surface area (Å²) >= 11 is 0. The van der Waals surface area contributed by atoms with E-state index in [0.29, 0.717) is 29.1 Å². The van der Waals surface area contributed by atoms with Crippen molar-refractivity contribution in [3.63, 3.8) is 0 Å². The molecule has 1 N–H and O–H groups in total. The van der Waals surface area contributed by atoms with Crippen molar-refractivity contribution in [2.24, 2.45) is 5.92 Å². The molecule has 0 amide bonds. The molecule has 1 aromatic rings. The molecule has 5 atom stereocenters. The Labute approximate surface area is 282 Å². The van der Waals surface area contributed by atoms with Crippen LogP contribution in [0.2, 0.25) is 0 Å². The third kappa shape index (κ3) is 11.2. The lowest BCUT2D eigenvalue weighted by Gasteiger charge is -2.30. The highest BCUT2D eigenvalue weighted by Crippen LogP contribution is 2.40. The van der Waals surface area contributed by atoms with Crippen LogP contribution < -0.4 is 0 Å². The van der Waals surface area contributed by atoms with E-state index in [1.165, 1.54) is 77.7 Å². The Morgan fingerprint density at radius 3 is 1.96 bits per heavy atom. The number of carbonyl (C=O) groups excluding carboxylic acids is 3. The molecule has 3 heterocycles. The molecule has 2 aliphatic rings. The van der Waals surface area contributed by atoms with Crippen molar-refractivity contribution >= 4 is 17.9 Å². The van der Waals surface area contributed by atoms with Crippen molar-refractivity contribution in [1.29, 1.82) is 0 Å². The smallest absolute Gasteiger partial charge is 0.341 e. The Kier molecular flexibility index (Phi) is 16.0. The molecule has 8 heteroatoms. The quantitative estimate of drug-likeness (QED) is 0.0642. The first kappa shape index (κ1) is 38.3. The lowest BCUT2D eigenvalue weighted by molar-refractivity contribution is -0.156. The molecule has 0 aliphatic carbocycles. The predicted octanol–water partition coefficient (Wildman–Crippen LogP) is 8.86.